The standard InChI is InChI=1S/C24H21ClF2N2O3/c1-29(21-12-8-19(25)9-13-21)23(32)17-4-10-20(11-5-17)28-22(31)14-16-2-6-18(7-3-16)24(26,27)15-30/h2-13,30H,14-15H2,1H3,(H,28,31). The van der Waals surface area contributed by atoms with E-state index in [0.717, 1.165) is 0 Å². The molecule has 3 rings (SSSR count). The number of carbonyl (C=O) groups excluding carboxylic acids is 2. The van der Waals surface area contributed by atoms with Crippen LogP contribution in [0.1, 0.15) is 21.5 Å². The highest BCUT2D eigenvalue weighted by Gasteiger charge is 2.30. The number of anilines is 2. The number of nitrogens with one attached hydrogen (secondary N) is 1. The van der Waals surface area contributed by atoms with Gasteiger partial charge in [0.25, 0.3) is 11.8 Å². The molecule has 0 bridgehead atoms. The highest BCUT2D eigenvalue weighted by molar-refractivity contribution is 6.30. The van der Waals surface area contributed by atoms with Gasteiger partial charge >= 0.3 is 0 Å². The van der Waals surface area contributed by atoms with Gasteiger partial charge in [-0.25, -0.2) is 0 Å². The minimum absolute atomic E-state index is 0.00897. The number of aliphatic hydroxyl groups is 1. The Bertz CT molecular complexity index is 1090. The van der Waals surface area contributed by atoms with Crippen LogP contribution in [0.25, 0.3) is 0 Å². The number of aliphatic hydroxyl groups excluding tert-OH is 1. The predicted molar refractivity (Wildman–Crippen MR) is 120 cm³/mol. The third-order valence-corrected chi connectivity index (χ3v) is 5.13. The summed E-state index contributed by atoms with van der Waals surface area (Å²) in [5.41, 5.74) is 1.88. The Labute approximate surface area is 189 Å². The molecule has 0 spiro atoms. The molecular weight excluding hydrogens is 438 g/mol. The van der Waals surface area contributed by atoms with Crippen molar-refractivity contribution in [2.24, 2.45) is 0 Å². The van der Waals surface area contributed by atoms with Crippen molar-refractivity contribution in [1.29, 1.82) is 0 Å². The Kier molecular flexibility index (Phi) is 7.22. The number of amides is 2. The second-order valence-corrected chi connectivity index (χ2v) is 7.64. The quantitative estimate of drug-likeness (QED) is 0.530. The first kappa shape index (κ1) is 23.4. The first-order valence-corrected chi connectivity index (χ1v) is 10.1. The lowest BCUT2D eigenvalue weighted by molar-refractivity contribution is -0.115. The van der Waals surface area contributed by atoms with E-state index in [1.54, 1.807) is 55.6 Å². The minimum atomic E-state index is -3.32. The molecule has 0 unspecified atom stereocenters. The van der Waals surface area contributed by atoms with E-state index in [1.807, 2.05) is 0 Å². The van der Waals surface area contributed by atoms with Crippen molar-refractivity contribution in [1.82, 2.24) is 0 Å². The molecular formula is C24H21ClF2N2O3. The zero-order chi connectivity index (χ0) is 23.3. The molecule has 2 amide bonds. The summed E-state index contributed by atoms with van der Waals surface area (Å²) in [5.74, 6) is -3.87. The van der Waals surface area contributed by atoms with Gasteiger partial charge in [0, 0.05) is 34.6 Å². The van der Waals surface area contributed by atoms with Gasteiger partial charge in [0.05, 0.1) is 6.42 Å². The van der Waals surface area contributed by atoms with Gasteiger partial charge in [0.1, 0.15) is 6.61 Å². The molecule has 5 nitrogen and oxygen atoms in total. The van der Waals surface area contributed by atoms with Crippen LogP contribution in [-0.4, -0.2) is 30.6 Å². The molecule has 8 heteroatoms. The van der Waals surface area contributed by atoms with Crippen LogP contribution in [0.5, 0.6) is 0 Å². The second kappa shape index (κ2) is 9.89. The third kappa shape index (κ3) is 5.69. The van der Waals surface area contributed by atoms with Gasteiger partial charge in [-0.1, -0.05) is 35.9 Å². The van der Waals surface area contributed by atoms with E-state index in [4.69, 9.17) is 16.7 Å². The number of hydrogen-bond acceptors (Lipinski definition) is 3. The molecule has 0 fully saturated rings. The van der Waals surface area contributed by atoms with Crippen molar-refractivity contribution in [3.05, 3.63) is 94.5 Å². The van der Waals surface area contributed by atoms with E-state index in [2.05, 4.69) is 5.32 Å². The van der Waals surface area contributed by atoms with Crippen molar-refractivity contribution >= 4 is 34.8 Å². The van der Waals surface area contributed by atoms with E-state index in [9.17, 15) is 18.4 Å². The van der Waals surface area contributed by atoms with Crippen LogP contribution >= 0.6 is 11.6 Å². The average molecular weight is 459 g/mol. The Morgan fingerprint density at radius 1 is 0.969 bits per heavy atom. The van der Waals surface area contributed by atoms with E-state index >= 15 is 0 Å². The third-order valence-electron chi connectivity index (χ3n) is 4.87. The van der Waals surface area contributed by atoms with E-state index < -0.39 is 12.5 Å². The number of nitrogens with zero attached hydrogens (tertiary/aromatic N) is 1. The van der Waals surface area contributed by atoms with Crippen LogP contribution in [0.4, 0.5) is 20.2 Å². The molecule has 3 aromatic rings. The maximum atomic E-state index is 13.5. The highest BCUT2D eigenvalue weighted by Crippen LogP contribution is 2.27. The SMILES string of the molecule is CN(C(=O)c1ccc(NC(=O)Cc2ccc(C(F)(F)CO)cc2)cc1)c1ccc(Cl)cc1. The van der Waals surface area contributed by atoms with Crippen molar-refractivity contribution in [2.75, 3.05) is 23.9 Å². The molecule has 0 heterocycles. The molecule has 166 valence electrons. The zero-order valence-electron chi connectivity index (χ0n) is 17.2. The summed E-state index contributed by atoms with van der Waals surface area (Å²) in [4.78, 5) is 26.4. The number of benzene rings is 3. The van der Waals surface area contributed by atoms with Crippen LogP contribution in [0.2, 0.25) is 5.02 Å². The summed E-state index contributed by atoms with van der Waals surface area (Å²) in [6, 6.07) is 18.6. The summed E-state index contributed by atoms with van der Waals surface area (Å²) in [5, 5.41) is 12.0. The van der Waals surface area contributed by atoms with E-state index in [1.165, 1.54) is 29.2 Å². The van der Waals surface area contributed by atoms with Crippen LogP contribution < -0.4 is 10.2 Å². The fourth-order valence-corrected chi connectivity index (χ4v) is 3.15. The van der Waals surface area contributed by atoms with Gasteiger partial charge in [-0.15, -0.1) is 0 Å². The van der Waals surface area contributed by atoms with Gasteiger partial charge in [-0.3, -0.25) is 9.59 Å². The lowest BCUT2D eigenvalue weighted by Gasteiger charge is -2.17. The average Bonchev–Trinajstić information content (AvgIpc) is 2.79. The Morgan fingerprint density at radius 2 is 1.56 bits per heavy atom. The Morgan fingerprint density at radius 3 is 2.12 bits per heavy atom. The maximum absolute atomic E-state index is 13.5. The number of alkyl halides is 2. The predicted octanol–water partition coefficient (Wildman–Crippen LogP) is 4.88. The molecule has 0 aliphatic rings. The van der Waals surface area contributed by atoms with Gasteiger partial charge in [0.2, 0.25) is 5.91 Å². The maximum Gasteiger partial charge on any atom is 0.295 e. The highest BCUT2D eigenvalue weighted by atomic mass is 35.5. The second-order valence-electron chi connectivity index (χ2n) is 7.20. The van der Waals surface area contributed by atoms with Crippen LogP contribution in [0, 0.1) is 0 Å². The monoisotopic (exact) mass is 458 g/mol. The summed E-state index contributed by atoms with van der Waals surface area (Å²) < 4.78 is 26.9. The zero-order valence-corrected chi connectivity index (χ0v) is 17.9. The fourth-order valence-electron chi connectivity index (χ4n) is 3.02. The van der Waals surface area contributed by atoms with E-state index in [-0.39, 0.29) is 23.8 Å². The largest absolute Gasteiger partial charge is 0.390 e. The molecule has 3 aromatic carbocycles. The van der Waals surface area contributed by atoms with Crippen LogP contribution in [0.3, 0.4) is 0 Å². The van der Waals surface area contributed by atoms with Gasteiger partial charge in [-0.2, -0.15) is 8.78 Å². The lowest BCUT2D eigenvalue weighted by atomic mass is 10.0. The van der Waals surface area contributed by atoms with Crippen molar-refractivity contribution in [2.45, 2.75) is 12.3 Å². The van der Waals surface area contributed by atoms with Crippen LogP contribution in [-0.2, 0) is 17.1 Å². The van der Waals surface area contributed by atoms with E-state index in [0.29, 0.717) is 27.5 Å². The first-order chi connectivity index (χ1) is 15.2. The molecule has 0 saturated carbocycles. The summed E-state index contributed by atoms with van der Waals surface area (Å²) in [6.45, 7) is -1.28. The van der Waals surface area contributed by atoms with Crippen LogP contribution in [0.15, 0.2) is 72.8 Å². The lowest BCUT2D eigenvalue weighted by Crippen LogP contribution is -2.26. The molecule has 0 aliphatic carbocycles. The fraction of sp³-hybridized carbons (Fsp3) is 0.167. The molecule has 2 N–H and O–H groups in total. The number of carbonyl (C=O) groups is 2. The summed E-state index contributed by atoms with van der Waals surface area (Å²) in [6.07, 6.45) is -0.00897. The van der Waals surface area contributed by atoms with Gasteiger partial charge < -0.3 is 15.3 Å². The minimum Gasteiger partial charge on any atom is -0.390 e. The van der Waals surface area contributed by atoms with Crippen molar-refractivity contribution in [3.8, 4) is 0 Å². The summed E-state index contributed by atoms with van der Waals surface area (Å²) in [7, 11) is 1.66. The molecule has 0 saturated heterocycles. The molecule has 0 aliphatic heterocycles. The number of hydrogen-bond donors (Lipinski definition) is 2. The van der Waals surface area contributed by atoms with Gasteiger partial charge in [0.15, 0.2) is 0 Å². The normalized spacial score (nSPS) is 11.2. The topological polar surface area (TPSA) is 69.6 Å². The molecule has 0 radical (unpaired) electrons. The first-order valence-electron chi connectivity index (χ1n) is 9.71. The molecule has 32 heavy (non-hydrogen) atoms. The molecule has 0 aromatic heterocycles. The summed E-state index contributed by atoms with van der Waals surface area (Å²) >= 11 is 5.88. The Hall–Kier alpha value is -3.29. The van der Waals surface area contributed by atoms with Crippen molar-refractivity contribution < 1.29 is 23.5 Å². The smallest absolute Gasteiger partial charge is 0.295 e. The molecule has 0 atom stereocenters. The van der Waals surface area contributed by atoms with Gasteiger partial charge in [-0.05, 0) is 54.1 Å². The number of halogens is 3. The number of rotatable bonds is 7. The Balaban J connectivity index is 1.59. The van der Waals surface area contributed by atoms with Crippen molar-refractivity contribution in [3.63, 3.8) is 0 Å².